The molecule has 0 saturated heterocycles. The molecule has 0 spiro atoms. The van der Waals surface area contributed by atoms with Crippen LogP contribution in [0.4, 0.5) is 0 Å². The van der Waals surface area contributed by atoms with Crippen LogP contribution in [-0.4, -0.2) is 24.5 Å². The van der Waals surface area contributed by atoms with E-state index in [-0.39, 0.29) is 0 Å². The minimum atomic E-state index is 0.470. The van der Waals surface area contributed by atoms with Gasteiger partial charge in [0, 0.05) is 12.6 Å². The van der Waals surface area contributed by atoms with Crippen LogP contribution >= 0.6 is 0 Å². The van der Waals surface area contributed by atoms with Crippen molar-refractivity contribution in [2.75, 3.05) is 13.6 Å². The fraction of sp³-hybridized carbons (Fsp3) is 0.909. The van der Waals surface area contributed by atoms with Crippen LogP contribution in [0.2, 0.25) is 0 Å². The van der Waals surface area contributed by atoms with E-state index in [0.717, 1.165) is 18.3 Å². The fourth-order valence-corrected chi connectivity index (χ4v) is 1.89. The molecule has 2 heteroatoms. The van der Waals surface area contributed by atoms with Gasteiger partial charge in [-0.2, -0.15) is 5.26 Å². The Kier molecular flexibility index (Phi) is 3.74. The van der Waals surface area contributed by atoms with Crippen LogP contribution in [0.1, 0.15) is 33.1 Å². The molecule has 0 aromatic heterocycles. The van der Waals surface area contributed by atoms with E-state index < -0.39 is 0 Å². The monoisotopic (exact) mass is 180 g/mol. The molecular weight excluding hydrogens is 160 g/mol. The maximum Gasteiger partial charge on any atom is 0.0638 e. The highest BCUT2D eigenvalue weighted by Gasteiger charge is 2.34. The zero-order valence-electron chi connectivity index (χ0n) is 8.95. The Balaban J connectivity index is 2.27. The summed E-state index contributed by atoms with van der Waals surface area (Å²) >= 11 is 0. The third-order valence-electron chi connectivity index (χ3n) is 3.22. The van der Waals surface area contributed by atoms with E-state index in [4.69, 9.17) is 5.26 Å². The van der Waals surface area contributed by atoms with E-state index in [2.05, 4.69) is 31.9 Å². The van der Waals surface area contributed by atoms with E-state index in [1.54, 1.807) is 0 Å². The van der Waals surface area contributed by atoms with Crippen molar-refractivity contribution in [3.8, 4) is 6.07 Å². The van der Waals surface area contributed by atoms with Crippen LogP contribution in [0, 0.1) is 23.2 Å². The van der Waals surface area contributed by atoms with Gasteiger partial charge in [0.1, 0.15) is 0 Å². The summed E-state index contributed by atoms with van der Waals surface area (Å²) in [7, 11) is 2.15. The van der Waals surface area contributed by atoms with Gasteiger partial charge >= 0.3 is 0 Å². The Bertz CT molecular complexity index is 195. The predicted molar refractivity (Wildman–Crippen MR) is 54.2 cm³/mol. The summed E-state index contributed by atoms with van der Waals surface area (Å²) in [5.74, 6) is 1.82. The summed E-state index contributed by atoms with van der Waals surface area (Å²) in [5.41, 5.74) is 0. The summed E-state index contributed by atoms with van der Waals surface area (Å²) in [6.45, 7) is 5.65. The van der Waals surface area contributed by atoms with E-state index in [1.807, 2.05) is 0 Å². The molecule has 1 saturated carbocycles. The Morgan fingerprint density at radius 3 is 2.62 bits per heavy atom. The lowest BCUT2D eigenvalue weighted by molar-refractivity contribution is 0.226. The van der Waals surface area contributed by atoms with E-state index in [0.29, 0.717) is 12.5 Å². The zero-order chi connectivity index (χ0) is 9.84. The summed E-state index contributed by atoms with van der Waals surface area (Å²) in [6.07, 6.45) is 3.15. The third-order valence-corrected chi connectivity index (χ3v) is 3.22. The molecule has 2 nitrogen and oxygen atoms in total. The van der Waals surface area contributed by atoms with Crippen molar-refractivity contribution in [3.05, 3.63) is 0 Å². The minimum Gasteiger partial charge on any atom is -0.302 e. The molecular formula is C11H20N2. The molecule has 1 aliphatic carbocycles. The number of rotatable bonds is 5. The van der Waals surface area contributed by atoms with E-state index >= 15 is 0 Å². The van der Waals surface area contributed by atoms with Crippen molar-refractivity contribution in [3.63, 3.8) is 0 Å². The van der Waals surface area contributed by atoms with Crippen molar-refractivity contribution < 1.29 is 0 Å². The second kappa shape index (κ2) is 4.62. The molecule has 3 unspecified atom stereocenters. The summed E-state index contributed by atoms with van der Waals surface area (Å²) < 4.78 is 0. The highest BCUT2D eigenvalue weighted by atomic mass is 15.1. The quantitative estimate of drug-likeness (QED) is 0.649. The van der Waals surface area contributed by atoms with Gasteiger partial charge in [-0.05, 0) is 31.7 Å². The van der Waals surface area contributed by atoms with Crippen LogP contribution in [0.3, 0.4) is 0 Å². The third kappa shape index (κ3) is 3.00. The fourth-order valence-electron chi connectivity index (χ4n) is 1.89. The van der Waals surface area contributed by atoms with E-state index in [9.17, 15) is 0 Å². The molecule has 3 atom stereocenters. The normalized spacial score (nSPS) is 28.5. The lowest BCUT2D eigenvalue weighted by Crippen LogP contribution is -2.32. The number of nitrogens with zero attached hydrogens (tertiary/aromatic N) is 2. The molecule has 0 aromatic carbocycles. The van der Waals surface area contributed by atoms with Gasteiger partial charge in [0.15, 0.2) is 0 Å². The van der Waals surface area contributed by atoms with Crippen molar-refractivity contribution in [2.45, 2.75) is 39.2 Å². The standard InChI is InChI=1S/C11H20N2/c1-4-11(5-6-12)13(3)8-10-7-9(10)2/h9-11H,4-5,7-8H2,1-3H3. The van der Waals surface area contributed by atoms with Gasteiger partial charge in [0.2, 0.25) is 0 Å². The lowest BCUT2D eigenvalue weighted by atomic mass is 10.1. The van der Waals surface area contributed by atoms with Gasteiger partial charge in [-0.3, -0.25) is 0 Å². The molecule has 0 aromatic rings. The average Bonchev–Trinajstić information content (AvgIpc) is 2.77. The van der Waals surface area contributed by atoms with Gasteiger partial charge in [0.25, 0.3) is 0 Å². The SMILES string of the molecule is CCC(CC#N)N(C)CC1CC1C. The largest absolute Gasteiger partial charge is 0.302 e. The molecule has 1 rings (SSSR count). The molecule has 0 N–H and O–H groups in total. The van der Waals surface area contributed by atoms with Crippen LogP contribution in [-0.2, 0) is 0 Å². The van der Waals surface area contributed by atoms with Crippen molar-refractivity contribution in [1.82, 2.24) is 4.90 Å². The van der Waals surface area contributed by atoms with Gasteiger partial charge in [-0.25, -0.2) is 0 Å². The smallest absolute Gasteiger partial charge is 0.0638 e. The van der Waals surface area contributed by atoms with Crippen molar-refractivity contribution >= 4 is 0 Å². The van der Waals surface area contributed by atoms with Crippen molar-refractivity contribution in [1.29, 1.82) is 5.26 Å². The number of hydrogen-bond acceptors (Lipinski definition) is 2. The molecule has 0 radical (unpaired) electrons. The maximum atomic E-state index is 8.64. The van der Waals surface area contributed by atoms with Gasteiger partial charge in [-0.15, -0.1) is 0 Å². The van der Waals surface area contributed by atoms with Gasteiger partial charge in [0.05, 0.1) is 12.5 Å². The van der Waals surface area contributed by atoms with Crippen molar-refractivity contribution in [2.24, 2.45) is 11.8 Å². The second-order valence-corrected chi connectivity index (χ2v) is 4.34. The summed E-state index contributed by atoms with van der Waals surface area (Å²) in [6, 6.07) is 2.73. The molecule has 0 amide bonds. The Morgan fingerprint density at radius 2 is 2.23 bits per heavy atom. The first kappa shape index (κ1) is 10.5. The Labute approximate surface area is 81.5 Å². The Morgan fingerprint density at radius 1 is 1.62 bits per heavy atom. The first-order chi connectivity index (χ1) is 6.19. The molecule has 0 bridgehead atoms. The van der Waals surface area contributed by atoms with Crippen LogP contribution in [0.25, 0.3) is 0 Å². The number of hydrogen-bond donors (Lipinski definition) is 0. The topological polar surface area (TPSA) is 27.0 Å². The van der Waals surface area contributed by atoms with Crippen LogP contribution in [0.5, 0.6) is 0 Å². The van der Waals surface area contributed by atoms with Crippen LogP contribution in [0.15, 0.2) is 0 Å². The average molecular weight is 180 g/mol. The zero-order valence-corrected chi connectivity index (χ0v) is 8.95. The summed E-state index contributed by atoms with van der Waals surface area (Å²) in [5, 5.41) is 8.64. The molecule has 74 valence electrons. The second-order valence-electron chi connectivity index (χ2n) is 4.34. The lowest BCUT2D eigenvalue weighted by Gasteiger charge is -2.24. The predicted octanol–water partition coefficient (Wildman–Crippen LogP) is 2.27. The van der Waals surface area contributed by atoms with Crippen LogP contribution < -0.4 is 0 Å². The molecule has 0 aliphatic heterocycles. The molecule has 1 aliphatic rings. The molecule has 1 fully saturated rings. The highest BCUT2D eigenvalue weighted by Crippen LogP contribution is 2.38. The molecule has 13 heavy (non-hydrogen) atoms. The van der Waals surface area contributed by atoms with E-state index in [1.165, 1.54) is 13.0 Å². The first-order valence-corrected chi connectivity index (χ1v) is 5.26. The minimum absolute atomic E-state index is 0.470. The van der Waals surface area contributed by atoms with Gasteiger partial charge in [-0.1, -0.05) is 13.8 Å². The highest BCUT2D eigenvalue weighted by molar-refractivity contribution is 4.88. The first-order valence-electron chi connectivity index (χ1n) is 5.26. The number of nitriles is 1. The summed E-state index contributed by atoms with van der Waals surface area (Å²) in [4.78, 5) is 2.36. The Hall–Kier alpha value is -0.550. The molecule has 0 heterocycles. The maximum absolute atomic E-state index is 8.64. The van der Waals surface area contributed by atoms with Gasteiger partial charge < -0.3 is 4.90 Å².